The first-order valence-corrected chi connectivity index (χ1v) is 13.2. The molecule has 190 valence electrons. The van der Waals surface area contributed by atoms with Gasteiger partial charge >= 0.3 is 0 Å². The van der Waals surface area contributed by atoms with E-state index >= 15 is 0 Å². The van der Waals surface area contributed by atoms with Crippen LogP contribution in [0.2, 0.25) is 0 Å². The van der Waals surface area contributed by atoms with Gasteiger partial charge in [0.15, 0.2) is 0 Å². The second kappa shape index (κ2) is 8.55. The summed E-state index contributed by atoms with van der Waals surface area (Å²) in [6.45, 7) is 0. The van der Waals surface area contributed by atoms with Crippen molar-refractivity contribution in [3.05, 3.63) is 145 Å². The van der Waals surface area contributed by atoms with Crippen LogP contribution >= 0.6 is 0 Å². The highest BCUT2D eigenvalue weighted by molar-refractivity contribution is 6.22. The lowest BCUT2D eigenvalue weighted by Gasteiger charge is -2.17. The number of rotatable bonds is 2. The van der Waals surface area contributed by atoms with Crippen LogP contribution in [0.15, 0.2) is 150 Å². The Morgan fingerprint density at radius 3 is 1.98 bits per heavy atom. The minimum atomic E-state index is -0.588. The summed E-state index contributed by atoms with van der Waals surface area (Å²) in [4.78, 5) is 0. The maximum atomic E-state index is 9.49. The van der Waals surface area contributed by atoms with Crippen molar-refractivity contribution in [2.45, 2.75) is 0 Å². The van der Waals surface area contributed by atoms with E-state index in [1.54, 1.807) is 0 Å². The minimum absolute atomic E-state index is 0.0279. The maximum absolute atomic E-state index is 9.49. The summed E-state index contributed by atoms with van der Waals surface area (Å²) >= 11 is 0. The number of hydrogen-bond acceptors (Lipinski definition) is 1. The van der Waals surface area contributed by atoms with E-state index in [-0.39, 0.29) is 37.9 Å². The Morgan fingerprint density at radius 1 is 0.439 bits per heavy atom. The molecule has 0 saturated heterocycles. The number of benzene rings is 8. The van der Waals surface area contributed by atoms with Gasteiger partial charge in [0.1, 0.15) is 11.2 Å². The fourth-order valence-electron chi connectivity index (χ4n) is 5.90. The summed E-state index contributed by atoms with van der Waals surface area (Å²) in [5.74, 6) is 0. The molecule has 0 N–H and O–H groups in total. The van der Waals surface area contributed by atoms with E-state index in [0.29, 0.717) is 27.7 Å². The van der Waals surface area contributed by atoms with Gasteiger partial charge in [-0.3, -0.25) is 0 Å². The highest BCUT2D eigenvalue weighted by atomic mass is 16.3. The first-order valence-electron chi connectivity index (χ1n) is 18.7. The van der Waals surface area contributed by atoms with Crippen molar-refractivity contribution in [2.24, 2.45) is 0 Å². The summed E-state index contributed by atoms with van der Waals surface area (Å²) in [7, 11) is 0. The fourth-order valence-corrected chi connectivity index (χ4v) is 5.90. The van der Waals surface area contributed by atoms with E-state index in [4.69, 9.17) is 15.4 Å². The van der Waals surface area contributed by atoms with Crippen LogP contribution in [0.1, 0.15) is 15.1 Å². The van der Waals surface area contributed by atoms with E-state index in [9.17, 15) is 4.11 Å². The van der Waals surface area contributed by atoms with E-state index in [0.717, 1.165) is 21.7 Å². The second-order valence-corrected chi connectivity index (χ2v) is 10.1. The summed E-state index contributed by atoms with van der Waals surface area (Å²) in [6.07, 6.45) is 0. The van der Waals surface area contributed by atoms with Crippen molar-refractivity contribution >= 4 is 65.0 Å². The quantitative estimate of drug-likeness (QED) is 0.160. The molecule has 0 amide bonds. The Labute approximate surface area is 252 Å². The Hall–Kier alpha value is -5.40. The van der Waals surface area contributed by atoms with Crippen molar-refractivity contribution in [2.75, 3.05) is 0 Å². The molecule has 1 nitrogen and oxygen atoms in total. The molecule has 9 aromatic rings. The Kier molecular flexibility index (Phi) is 2.98. The zero-order chi connectivity index (χ0) is 36.5. The minimum Gasteiger partial charge on any atom is -0.456 e. The molecule has 9 rings (SSSR count). The predicted molar refractivity (Wildman–Crippen MR) is 175 cm³/mol. The van der Waals surface area contributed by atoms with Crippen molar-refractivity contribution in [1.29, 1.82) is 0 Å². The molecule has 0 radical (unpaired) electrons. The topological polar surface area (TPSA) is 13.1 Å². The van der Waals surface area contributed by atoms with Crippen molar-refractivity contribution in [3.8, 4) is 22.3 Å². The zero-order valence-corrected chi connectivity index (χ0v) is 21.4. The molecular weight excluding hydrogens is 496 g/mol. The molecule has 1 heterocycles. The monoisotopic (exact) mass is 531 g/mol. The van der Waals surface area contributed by atoms with Crippen molar-refractivity contribution < 1.29 is 19.5 Å². The van der Waals surface area contributed by atoms with Crippen LogP contribution in [-0.4, -0.2) is 0 Å². The molecule has 0 aliphatic rings. The molecule has 0 unspecified atom stereocenters. The van der Waals surface area contributed by atoms with Gasteiger partial charge in [-0.1, -0.05) is 115 Å². The molecule has 0 atom stereocenters. The van der Waals surface area contributed by atoms with Gasteiger partial charge in [0, 0.05) is 10.8 Å². The average molecular weight is 532 g/mol. The first kappa shape index (κ1) is 14.3. The lowest BCUT2D eigenvalue weighted by molar-refractivity contribution is 0.669. The van der Waals surface area contributed by atoms with Gasteiger partial charge in [0.25, 0.3) is 0 Å². The van der Waals surface area contributed by atoms with E-state index < -0.39 is 66.5 Å². The molecule has 1 heteroatoms. The van der Waals surface area contributed by atoms with Gasteiger partial charge in [-0.15, -0.1) is 0 Å². The highest BCUT2D eigenvalue weighted by Crippen LogP contribution is 2.46. The molecular formula is C40H24O. The summed E-state index contributed by atoms with van der Waals surface area (Å²) in [5, 5.41) is 2.70. The number of fused-ring (bicyclic) bond motifs is 8. The Balaban J connectivity index is 1.61. The van der Waals surface area contributed by atoms with Crippen molar-refractivity contribution in [3.63, 3.8) is 0 Å². The van der Waals surface area contributed by atoms with Crippen LogP contribution in [-0.2, 0) is 0 Å². The molecule has 0 aliphatic heterocycles. The molecule has 41 heavy (non-hydrogen) atoms. The van der Waals surface area contributed by atoms with Crippen LogP contribution in [0.5, 0.6) is 0 Å². The van der Waals surface area contributed by atoms with Gasteiger partial charge in [-0.2, -0.15) is 0 Å². The molecule has 0 fully saturated rings. The maximum Gasteiger partial charge on any atom is 0.136 e. The molecule has 0 spiro atoms. The largest absolute Gasteiger partial charge is 0.456 e. The van der Waals surface area contributed by atoms with Gasteiger partial charge in [-0.25, -0.2) is 0 Å². The Morgan fingerprint density at radius 2 is 1.12 bits per heavy atom. The lowest BCUT2D eigenvalue weighted by Crippen LogP contribution is -1.90. The predicted octanol–water partition coefficient (Wildman–Crippen LogP) is 11.5. The number of furan rings is 1. The van der Waals surface area contributed by atoms with E-state index in [1.807, 2.05) is 78.9 Å². The molecule has 0 aliphatic carbocycles. The first-order chi connectivity index (χ1) is 24.9. The van der Waals surface area contributed by atoms with Crippen LogP contribution in [0.4, 0.5) is 0 Å². The highest BCUT2D eigenvalue weighted by Gasteiger charge is 2.19. The molecule has 8 aromatic carbocycles. The van der Waals surface area contributed by atoms with Gasteiger partial charge < -0.3 is 4.42 Å². The fraction of sp³-hybridized carbons (Fsp3) is 0. The molecule has 1 aromatic heterocycles. The zero-order valence-electron chi connectivity index (χ0n) is 32.4. The third-order valence-corrected chi connectivity index (χ3v) is 7.77. The van der Waals surface area contributed by atoms with Gasteiger partial charge in [0.05, 0.1) is 15.1 Å². The standard InChI is InChI=1S/C40H24O/c1-2-10-25(11-3-1)33-24-39-36(35-20-27-13-4-5-14-28(27)22-38(35)41-39)23-37(33)40-31-17-9-7-15-29(31)21-34-30-16-8-6-12-26(30)18-19-32(34)40/h1-24H/i6D,7D,8D,9D,12D,15D,16D,17D,18D,19D,21D. The second-order valence-electron chi connectivity index (χ2n) is 10.1. The number of hydrogen-bond donors (Lipinski definition) is 0. The van der Waals surface area contributed by atoms with Crippen LogP contribution in [0, 0.1) is 0 Å². The summed E-state index contributed by atoms with van der Waals surface area (Å²) < 4.78 is 104. The Bertz CT molecular complexity index is 3080. The smallest absolute Gasteiger partial charge is 0.136 e. The third kappa shape index (κ3) is 3.36. The summed E-state index contributed by atoms with van der Waals surface area (Å²) in [5.41, 5.74) is 3.07. The third-order valence-electron chi connectivity index (χ3n) is 7.77. The van der Waals surface area contributed by atoms with Crippen molar-refractivity contribution in [1.82, 2.24) is 0 Å². The van der Waals surface area contributed by atoms with Crippen LogP contribution in [0.25, 0.3) is 87.3 Å². The lowest BCUT2D eigenvalue weighted by atomic mass is 9.85. The van der Waals surface area contributed by atoms with E-state index in [2.05, 4.69) is 0 Å². The van der Waals surface area contributed by atoms with Gasteiger partial charge in [0.2, 0.25) is 0 Å². The summed E-state index contributed by atoms with van der Waals surface area (Å²) in [6, 6.07) is 19.2. The average Bonchev–Trinajstić information content (AvgIpc) is 3.50. The van der Waals surface area contributed by atoms with Crippen LogP contribution < -0.4 is 0 Å². The normalized spacial score (nSPS) is 15.7. The van der Waals surface area contributed by atoms with E-state index in [1.165, 1.54) is 0 Å². The SMILES string of the molecule is [2H]c1c([2H])c([2H])c2c([2H])c3c(c([2H])c([2H])c4c([2H])c([2H])c([2H])c([2H])c43)c(-c3cc4c(cc3-c3ccccc3)oc3cc5ccccc5cc34)c2c1[2H]. The molecule has 0 saturated carbocycles. The van der Waals surface area contributed by atoms with Crippen LogP contribution in [0.3, 0.4) is 0 Å². The van der Waals surface area contributed by atoms with Gasteiger partial charge in [-0.05, 0) is 95.7 Å². The molecule has 0 bridgehead atoms.